The number of aliphatic hydroxyl groups excluding tert-OH is 1. The van der Waals surface area contributed by atoms with Crippen LogP contribution < -0.4 is 43.0 Å². The number of likely N-dealkylation sites (N-methyl/N-ethyl adjacent to an activating group) is 2. The Labute approximate surface area is 551 Å². The fraction of sp³-hybridized carbons (Fsp3) is 0.676. The molecule has 2 aromatic rings. The molecule has 1 aliphatic heterocycles. The number of methoxy groups -OCH3 is 2. The summed E-state index contributed by atoms with van der Waals surface area (Å²) >= 11 is 0. The Balaban J connectivity index is 1.69. The van der Waals surface area contributed by atoms with Crippen LogP contribution in [-0.2, 0) is 59.2 Å². The summed E-state index contributed by atoms with van der Waals surface area (Å²) in [5.74, 6) is -5.39. The normalized spacial score (nSPS) is 16.6. The lowest BCUT2D eigenvalue weighted by Crippen LogP contribution is -2.60. The molecular weight excluding hydrogens is 1190 g/mol. The highest BCUT2D eigenvalue weighted by Gasteiger charge is 2.44. The zero-order chi connectivity index (χ0) is 69.6. The lowest BCUT2D eigenvalue weighted by molar-refractivity contribution is -0.148. The van der Waals surface area contributed by atoms with Crippen molar-refractivity contribution in [3.8, 4) is 0 Å². The second kappa shape index (κ2) is 40.7. The largest absolute Gasteiger partial charge is 0.445 e. The van der Waals surface area contributed by atoms with E-state index in [1.54, 1.807) is 109 Å². The number of ether oxygens (including phenoxy) is 3. The molecule has 12 atom stereocenters. The van der Waals surface area contributed by atoms with Gasteiger partial charge in [-0.25, -0.2) is 9.59 Å². The van der Waals surface area contributed by atoms with Crippen molar-refractivity contribution in [2.45, 2.75) is 220 Å². The number of urea groups is 1. The van der Waals surface area contributed by atoms with Gasteiger partial charge in [0.15, 0.2) is 0 Å². The molecule has 0 aliphatic carbocycles. The first kappa shape index (κ1) is 79.9. The van der Waals surface area contributed by atoms with E-state index in [4.69, 9.17) is 19.9 Å². The minimum Gasteiger partial charge on any atom is -0.445 e. The Hall–Kier alpha value is -7.38. The molecule has 0 saturated carbocycles. The lowest BCUT2D eigenvalue weighted by Gasteiger charge is -2.41. The number of hydrogen-bond acceptors (Lipinski definition) is 14. The van der Waals surface area contributed by atoms with Gasteiger partial charge in [0.25, 0.3) is 0 Å². The Kier molecular flexibility index (Phi) is 34.9. The van der Waals surface area contributed by atoms with E-state index < -0.39 is 120 Å². The number of benzene rings is 2. The molecule has 2 aromatic carbocycles. The number of hydrogen-bond donors (Lipinski definition) is 9. The van der Waals surface area contributed by atoms with Crippen molar-refractivity contribution < 1.29 is 67.3 Å². The smallest absolute Gasteiger partial charge is 0.410 e. The van der Waals surface area contributed by atoms with Crippen LogP contribution in [-0.4, -0.2) is 182 Å². The summed E-state index contributed by atoms with van der Waals surface area (Å²) in [5, 5.41) is 30.5. The number of nitrogens with one attached hydrogen (secondary N) is 7. The van der Waals surface area contributed by atoms with Crippen molar-refractivity contribution in [2.75, 3.05) is 53.3 Å². The SMILES string of the molecule is CCCCCNC(=O)CCCC(=O)N[C@H](C(=O)N[C@@H](CCCNC(N)=O)C(=O)Nc1ccc(COC(=O)N(C)[C@H](C(=O)N[C@H](C(=O)N(C)[C@@H](C(C)CC)[C@@H](CC(=O)N2CCC[C@H]2[C@H](OC)[C@@H](C)C(=O)N[C@H](C)C(O)c2ccccc2)OC)C(C)C)C(C)C)cc1)C(C)C. The molecule has 0 radical (unpaired) electrons. The van der Waals surface area contributed by atoms with Crippen molar-refractivity contribution in [1.29, 1.82) is 0 Å². The molecule has 522 valence electrons. The maximum Gasteiger partial charge on any atom is 0.410 e. The highest BCUT2D eigenvalue weighted by molar-refractivity contribution is 5.98. The summed E-state index contributed by atoms with van der Waals surface area (Å²) in [6.07, 6.45) is 2.35. The van der Waals surface area contributed by atoms with Crippen LogP contribution in [0, 0.1) is 29.6 Å². The van der Waals surface area contributed by atoms with Gasteiger partial charge in [-0.15, -0.1) is 0 Å². The number of primary amides is 1. The number of carbonyl (C=O) groups is 10. The fourth-order valence-electron chi connectivity index (χ4n) is 11.8. The number of unbranched alkanes of at least 4 members (excludes halogenated alkanes) is 2. The molecule has 1 aliphatic rings. The molecule has 1 saturated heterocycles. The van der Waals surface area contributed by atoms with E-state index in [0.29, 0.717) is 49.2 Å². The van der Waals surface area contributed by atoms with E-state index in [-0.39, 0.29) is 81.2 Å². The summed E-state index contributed by atoms with van der Waals surface area (Å²) < 4.78 is 17.8. The summed E-state index contributed by atoms with van der Waals surface area (Å²) in [6, 6.07) is 8.82. The van der Waals surface area contributed by atoms with Gasteiger partial charge < -0.3 is 72.1 Å². The van der Waals surface area contributed by atoms with Crippen LogP contribution in [0.4, 0.5) is 15.3 Å². The number of anilines is 1. The molecule has 93 heavy (non-hydrogen) atoms. The second-order valence-corrected chi connectivity index (χ2v) is 25.7. The highest BCUT2D eigenvalue weighted by Crippen LogP contribution is 2.31. The van der Waals surface area contributed by atoms with Gasteiger partial charge in [-0.1, -0.05) is 131 Å². The van der Waals surface area contributed by atoms with Gasteiger partial charge in [-0.3, -0.25) is 43.3 Å². The Bertz CT molecular complexity index is 2700. The van der Waals surface area contributed by atoms with Crippen LogP contribution >= 0.6 is 0 Å². The first-order chi connectivity index (χ1) is 44.0. The molecule has 10 N–H and O–H groups in total. The average Bonchev–Trinajstić information content (AvgIpc) is 1.85. The Morgan fingerprint density at radius 2 is 1.31 bits per heavy atom. The second-order valence-electron chi connectivity index (χ2n) is 25.7. The first-order valence-corrected chi connectivity index (χ1v) is 33.2. The van der Waals surface area contributed by atoms with Crippen molar-refractivity contribution >= 4 is 65.1 Å². The number of rotatable bonds is 40. The summed E-state index contributed by atoms with van der Waals surface area (Å²) in [6.45, 7) is 21.1. The van der Waals surface area contributed by atoms with Crippen LogP contribution in [0.25, 0.3) is 0 Å². The molecule has 0 spiro atoms. The molecular formula is C68H111N11O14. The van der Waals surface area contributed by atoms with Crippen LogP contribution in [0.3, 0.4) is 0 Å². The molecule has 2 unspecified atom stereocenters. The first-order valence-electron chi connectivity index (χ1n) is 33.2. The van der Waals surface area contributed by atoms with Crippen molar-refractivity contribution in [3.63, 3.8) is 0 Å². The van der Waals surface area contributed by atoms with Crippen molar-refractivity contribution in [1.82, 2.24) is 46.6 Å². The maximum atomic E-state index is 14.8. The Morgan fingerprint density at radius 3 is 1.89 bits per heavy atom. The minimum atomic E-state index is -1.10. The maximum absolute atomic E-state index is 14.8. The molecule has 1 fully saturated rings. The monoisotopic (exact) mass is 1310 g/mol. The third kappa shape index (κ3) is 25.5. The highest BCUT2D eigenvalue weighted by atomic mass is 16.6. The van der Waals surface area contributed by atoms with Gasteiger partial charge in [-0.05, 0) is 92.4 Å². The number of amides is 11. The molecule has 0 aromatic heterocycles. The number of nitrogens with two attached hydrogens (primary N) is 1. The van der Waals surface area contributed by atoms with E-state index in [9.17, 15) is 53.1 Å². The summed E-state index contributed by atoms with van der Waals surface area (Å²) in [4.78, 5) is 140. The van der Waals surface area contributed by atoms with Crippen molar-refractivity contribution in [3.05, 3.63) is 65.7 Å². The van der Waals surface area contributed by atoms with E-state index in [0.717, 1.165) is 19.3 Å². The Morgan fingerprint density at radius 1 is 0.677 bits per heavy atom. The topological polar surface area (TPSA) is 339 Å². The van der Waals surface area contributed by atoms with Crippen LogP contribution in [0.15, 0.2) is 54.6 Å². The summed E-state index contributed by atoms with van der Waals surface area (Å²) in [7, 11) is 6.09. The minimum absolute atomic E-state index is 0.0187. The van der Waals surface area contributed by atoms with E-state index >= 15 is 0 Å². The third-order valence-corrected chi connectivity index (χ3v) is 17.4. The summed E-state index contributed by atoms with van der Waals surface area (Å²) in [5.41, 5.74) is 6.79. The molecule has 11 amide bonds. The zero-order valence-corrected chi connectivity index (χ0v) is 57.8. The fourth-order valence-corrected chi connectivity index (χ4v) is 11.8. The molecule has 25 heteroatoms. The van der Waals surface area contributed by atoms with Gasteiger partial charge in [0.05, 0.1) is 48.8 Å². The predicted molar refractivity (Wildman–Crippen MR) is 355 cm³/mol. The van der Waals surface area contributed by atoms with Crippen LogP contribution in [0.2, 0.25) is 0 Å². The molecule has 0 bridgehead atoms. The predicted octanol–water partition coefficient (Wildman–Crippen LogP) is 6.07. The van der Waals surface area contributed by atoms with Crippen LogP contribution in [0.5, 0.6) is 0 Å². The zero-order valence-electron chi connectivity index (χ0n) is 57.8. The number of aliphatic hydroxyl groups is 1. The number of carbonyl (C=O) groups excluding carboxylic acids is 10. The molecule has 3 rings (SSSR count). The lowest BCUT2D eigenvalue weighted by atomic mass is 9.89. The van der Waals surface area contributed by atoms with Crippen molar-refractivity contribution in [2.24, 2.45) is 35.3 Å². The van der Waals surface area contributed by atoms with E-state index in [2.05, 4.69) is 44.1 Å². The van der Waals surface area contributed by atoms with E-state index in [1.807, 2.05) is 32.0 Å². The quantitative estimate of drug-likeness (QED) is 0.0342. The van der Waals surface area contributed by atoms with Gasteiger partial charge in [0.1, 0.15) is 30.8 Å². The molecule has 25 nitrogen and oxygen atoms in total. The van der Waals surface area contributed by atoms with E-state index in [1.165, 1.54) is 26.2 Å². The van der Waals surface area contributed by atoms with Gasteiger partial charge in [-0.2, -0.15) is 0 Å². The number of likely N-dealkylation sites (tertiary alicyclic amines) is 1. The third-order valence-electron chi connectivity index (χ3n) is 17.4. The van der Waals surface area contributed by atoms with Gasteiger partial charge in [0.2, 0.25) is 47.3 Å². The van der Waals surface area contributed by atoms with Gasteiger partial charge >= 0.3 is 12.1 Å². The number of nitrogens with zero attached hydrogens (tertiary/aromatic N) is 3. The van der Waals surface area contributed by atoms with Gasteiger partial charge in [0, 0.05) is 66.5 Å². The standard InChI is InChI=1S/C68H111N11O14/c1-16-18-22-36-70-53(80)30-23-31-54(81)75-56(41(3)4)64(86)74-50(28-24-37-71-67(69)89)63(85)73-49-34-32-47(33-35-49)40-93-68(90)78(13)58(43(7)8)65(87)76-57(42(5)6)66(88)77(12)59(44(9)17-2)52(91-14)39-55(82)79-38-25-29-51(79)61(92-15)45(10)62(84)72-46(11)60(83)48-26-20-19-21-27-48/h19-21,26-27,32-35,41-46,50-52,56-61,83H,16-18,22-25,28-31,36-40H2,1-15H3,(H,70,80)(H,72,84)(H,73,85)(H,74,86)(H,75,81)(H,76,87)(H3,69,71,89)/t44?,45-,46-,50+,51+,52-,56+,57+,58+,59+,60?,61-/m1/s1. The van der Waals surface area contributed by atoms with Crippen LogP contribution in [0.1, 0.15) is 170 Å². The average molecular weight is 1310 g/mol. The molecule has 1 heterocycles.